The van der Waals surface area contributed by atoms with E-state index in [9.17, 15) is 0 Å². The van der Waals surface area contributed by atoms with Crippen LogP contribution in [-0.2, 0) is 0 Å². The minimum absolute atomic E-state index is 1.31. The van der Waals surface area contributed by atoms with Crippen LogP contribution in [-0.4, -0.2) is 0 Å². The molecule has 0 heterocycles. The van der Waals surface area contributed by atoms with Crippen molar-refractivity contribution in [3.63, 3.8) is 0 Å². The first-order valence-electron chi connectivity index (χ1n) is 14.6. The molecule has 0 N–H and O–H groups in total. The molecule has 0 bridgehead atoms. The van der Waals surface area contributed by atoms with E-state index in [1.54, 1.807) is 0 Å². The third-order valence-corrected chi connectivity index (χ3v) is 6.62. The fourth-order valence-electron chi connectivity index (χ4n) is 4.44. The average Bonchev–Trinajstić information content (AvgIpc) is 2.76. The summed E-state index contributed by atoms with van der Waals surface area (Å²) in [4.78, 5) is 0. The van der Waals surface area contributed by atoms with E-state index in [2.05, 4.69) is 26.0 Å². The minimum atomic E-state index is 1.31. The van der Waals surface area contributed by atoms with Crippen LogP contribution in [0, 0.1) is 0 Å². The number of allylic oxidation sites excluding steroid dienone is 2. The lowest BCUT2D eigenvalue weighted by Gasteiger charge is -2.03. The molecular weight excluding hydrogens is 360 g/mol. The number of hydrogen-bond acceptors (Lipinski definition) is 0. The number of hydrogen-bond donors (Lipinski definition) is 0. The van der Waals surface area contributed by atoms with Crippen LogP contribution in [0.1, 0.15) is 181 Å². The fraction of sp³-hybridized carbons (Fsp3) is 0.933. The number of rotatable bonds is 26. The first kappa shape index (κ1) is 29.7. The molecule has 180 valence electrons. The Morgan fingerprint density at radius 2 is 0.467 bits per heavy atom. The molecule has 0 radical (unpaired) electrons. The molecule has 0 heteroatoms. The summed E-state index contributed by atoms with van der Waals surface area (Å²) < 4.78 is 0. The van der Waals surface area contributed by atoms with Gasteiger partial charge in [0.25, 0.3) is 0 Å². The van der Waals surface area contributed by atoms with Crippen molar-refractivity contribution in [3.05, 3.63) is 12.2 Å². The lowest BCUT2D eigenvalue weighted by atomic mass is 10.0. The zero-order valence-electron chi connectivity index (χ0n) is 21.5. The minimum Gasteiger partial charge on any atom is -0.0885 e. The molecule has 0 aromatic heterocycles. The standard InChI is InChI=1S/C30H60/c1-3-5-7-9-11-13-15-17-19-21-23-25-27-29-30-28-26-24-22-20-18-16-14-12-10-8-6-4-2/h19,21H,3-18,20,22-30H2,1-2H3/b21-19+. The normalized spacial score (nSPS) is 11.7. The van der Waals surface area contributed by atoms with Gasteiger partial charge in [0.1, 0.15) is 0 Å². The molecule has 0 fully saturated rings. The van der Waals surface area contributed by atoms with Gasteiger partial charge in [0, 0.05) is 0 Å². The Morgan fingerprint density at radius 3 is 0.700 bits per heavy atom. The summed E-state index contributed by atoms with van der Waals surface area (Å²) in [7, 11) is 0. The van der Waals surface area contributed by atoms with Gasteiger partial charge >= 0.3 is 0 Å². The third kappa shape index (κ3) is 27.7. The van der Waals surface area contributed by atoms with Crippen LogP contribution >= 0.6 is 0 Å². The summed E-state index contributed by atoms with van der Waals surface area (Å²) in [5, 5.41) is 0. The van der Waals surface area contributed by atoms with Gasteiger partial charge in [-0.15, -0.1) is 0 Å². The van der Waals surface area contributed by atoms with Crippen molar-refractivity contribution in [2.75, 3.05) is 0 Å². The molecule has 0 aromatic carbocycles. The fourth-order valence-corrected chi connectivity index (χ4v) is 4.44. The Hall–Kier alpha value is -0.260. The molecule has 0 unspecified atom stereocenters. The van der Waals surface area contributed by atoms with E-state index in [4.69, 9.17) is 0 Å². The highest BCUT2D eigenvalue weighted by Crippen LogP contribution is 2.14. The van der Waals surface area contributed by atoms with Crippen molar-refractivity contribution < 1.29 is 0 Å². The van der Waals surface area contributed by atoms with E-state index in [0.717, 1.165) is 0 Å². The van der Waals surface area contributed by atoms with Gasteiger partial charge < -0.3 is 0 Å². The molecule has 0 spiro atoms. The van der Waals surface area contributed by atoms with E-state index in [-0.39, 0.29) is 0 Å². The zero-order valence-corrected chi connectivity index (χ0v) is 21.5. The topological polar surface area (TPSA) is 0 Å². The molecule has 0 aliphatic heterocycles. The van der Waals surface area contributed by atoms with Gasteiger partial charge in [0.15, 0.2) is 0 Å². The van der Waals surface area contributed by atoms with E-state index in [1.165, 1.54) is 167 Å². The number of unbranched alkanes of at least 4 members (excludes halogenated alkanes) is 24. The van der Waals surface area contributed by atoms with Crippen molar-refractivity contribution in [1.29, 1.82) is 0 Å². The Bertz CT molecular complexity index is 303. The SMILES string of the molecule is CCCCCCCCC/C=C/CCCCCCCCCCCCCCCCCCC. The smallest absolute Gasteiger partial charge is 0.0351 e. The summed E-state index contributed by atoms with van der Waals surface area (Å²) >= 11 is 0. The van der Waals surface area contributed by atoms with Crippen LogP contribution in [0.5, 0.6) is 0 Å². The molecular formula is C30H60. The summed E-state index contributed by atoms with van der Waals surface area (Å²) in [6.45, 7) is 4.60. The first-order chi connectivity index (χ1) is 14.9. The summed E-state index contributed by atoms with van der Waals surface area (Å²) in [5.74, 6) is 0. The van der Waals surface area contributed by atoms with Gasteiger partial charge in [-0.2, -0.15) is 0 Å². The van der Waals surface area contributed by atoms with Crippen LogP contribution in [0.4, 0.5) is 0 Å². The zero-order chi connectivity index (χ0) is 21.8. The van der Waals surface area contributed by atoms with Crippen LogP contribution in [0.15, 0.2) is 12.2 Å². The highest BCUT2D eigenvalue weighted by molar-refractivity contribution is 4.81. The molecule has 0 nitrogen and oxygen atoms in total. The largest absolute Gasteiger partial charge is 0.0885 e. The van der Waals surface area contributed by atoms with Gasteiger partial charge in [-0.25, -0.2) is 0 Å². The van der Waals surface area contributed by atoms with Crippen LogP contribution in [0.25, 0.3) is 0 Å². The molecule has 0 saturated carbocycles. The van der Waals surface area contributed by atoms with Gasteiger partial charge in [-0.3, -0.25) is 0 Å². The maximum atomic E-state index is 2.45. The predicted molar refractivity (Wildman–Crippen MR) is 141 cm³/mol. The van der Waals surface area contributed by atoms with E-state index < -0.39 is 0 Å². The van der Waals surface area contributed by atoms with Crippen molar-refractivity contribution in [3.8, 4) is 0 Å². The molecule has 0 atom stereocenters. The molecule has 0 amide bonds. The highest BCUT2D eigenvalue weighted by Gasteiger charge is 1.95. The maximum Gasteiger partial charge on any atom is -0.0351 e. The Kier molecular flexibility index (Phi) is 28.5. The van der Waals surface area contributed by atoms with Gasteiger partial charge in [-0.1, -0.05) is 167 Å². The Balaban J connectivity index is 3.04. The van der Waals surface area contributed by atoms with E-state index >= 15 is 0 Å². The first-order valence-corrected chi connectivity index (χ1v) is 14.6. The summed E-state index contributed by atoms with van der Waals surface area (Å²) in [6.07, 6.45) is 42.4. The van der Waals surface area contributed by atoms with Gasteiger partial charge in [0.05, 0.1) is 0 Å². The van der Waals surface area contributed by atoms with Crippen molar-refractivity contribution in [2.24, 2.45) is 0 Å². The van der Waals surface area contributed by atoms with Crippen LogP contribution in [0.3, 0.4) is 0 Å². The average molecular weight is 421 g/mol. The molecule has 0 aromatic rings. The van der Waals surface area contributed by atoms with Crippen molar-refractivity contribution in [2.45, 2.75) is 181 Å². The Morgan fingerprint density at radius 1 is 0.267 bits per heavy atom. The van der Waals surface area contributed by atoms with Crippen molar-refractivity contribution in [1.82, 2.24) is 0 Å². The van der Waals surface area contributed by atoms with Crippen molar-refractivity contribution >= 4 is 0 Å². The second kappa shape index (κ2) is 28.7. The van der Waals surface area contributed by atoms with Crippen LogP contribution in [0.2, 0.25) is 0 Å². The molecule has 0 saturated heterocycles. The summed E-state index contributed by atoms with van der Waals surface area (Å²) in [6, 6.07) is 0. The molecule has 0 rings (SSSR count). The predicted octanol–water partition coefficient (Wildman–Crippen LogP) is 11.7. The van der Waals surface area contributed by atoms with Gasteiger partial charge in [0.2, 0.25) is 0 Å². The lowest BCUT2D eigenvalue weighted by molar-refractivity contribution is 0.527. The Labute approximate surface area is 193 Å². The van der Waals surface area contributed by atoms with E-state index in [0.29, 0.717) is 0 Å². The quantitative estimate of drug-likeness (QED) is 0.0963. The van der Waals surface area contributed by atoms with Gasteiger partial charge in [-0.05, 0) is 25.7 Å². The maximum absolute atomic E-state index is 2.45. The second-order valence-corrected chi connectivity index (χ2v) is 9.83. The lowest BCUT2D eigenvalue weighted by Crippen LogP contribution is -1.83. The third-order valence-electron chi connectivity index (χ3n) is 6.62. The molecule has 30 heavy (non-hydrogen) atoms. The summed E-state index contributed by atoms with van der Waals surface area (Å²) in [5.41, 5.74) is 0. The highest BCUT2D eigenvalue weighted by atomic mass is 14.0. The molecule has 0 aliphatic rings. The van der Waals surface area contributed by atoms with Crippen LogP contribution < -0.4 is 0 Å². The second-order valence-electron chi connectivity index (χ2n) is 9.83. The monoisotopic (exact) mass is 420 g/mol. The molecule has 0 aliphatic carbocycles. The van der Waals surface area contributed by atoms with E-state index in [1.807, 2.05) is 0 Å².